The van der Waals surface area contributed by atoms with E-state index in [9.17, 15) is 0 Å². The Hall–Kier alpha value is -2.13. The number of pyridine rings is 1. The van der Waals surface area contributed by atoms with Gasteiger partial charge in [-0.2, -0.15) is 5.26 Å². The van der Waals surface area contributed by atoms with Crippen LogP contribution in [0, 0.1) is 18.3 Å². The van der Waals surface area contributed by atoms with E-state index in [1.54, 1.807) is 17.5 Å². The topological polar surface area (TPSA) is 56.0 Å². The molecule has 0 N–H and O–H groups in total. The van der Waals surface area contributed by atoms with E-state index in [-0.39, 0.29) is 0 Å². The average Bonchev–Trinajstić information content (AvgIpc) is 2.93. The van der Waals surface area contributed by atoms with Gasteiger partial charge in [-0.05, 0) is 26.0 Å². The Balaban J connectivity index is 1.71. The molecule has 1 aliphatic heterocycles. The monoisotopic (exact) mass is 299 g/mol. The molecule has 0 radical (unpaired) electrons. The molecule has 0 saturated carbocycles. The number of nitriles is 1. The zero-order valence-electron chi connectivity index (χ0n) is 12.2. The first-order valence-corrected chi connectivity index (χ1v) is 7.85. The molecule has 0 aromatic carbocycles. The smallest absolute Gasteiger partial charge is 0.185 e. The van der Waals surface area contributed by atoms with E-state index in [2.05, 4.69) is 38.1 Å². The van der Waals surface area contributed by atoms with Gasteiger partial charge in [0.25, 0.3) is 0 Å². The van der Waals surface area contributed by atoms with Gasteiger partial charge in [0.1, 0.15) is 11.9 Å². The van der Waals surface area contributed by atoms with Crippen molar-refractivity contribution in [1.82, 2.24) is 9.97 Å². The molecular formula is C15H17N5S. The zero-order valence-corrected chi connectivity index (χ0v) is 13.0. The van der Waals surface area contributed by atoms with Crippen molar-refractivity contribution in [3.63, 3.8) is 0 Å². The van der Waals surface area contributed by atoms with Crippen molar-refractivity contribution in [3.05, 3.63) is 35.0 Å². The van der Waals surface area contributed by atoms with Crippen molar-refractivity contribution in [1.29, 1.82) is 5.26 Å². The Morgan fingerprint density at radius 1 is 1.38 bits per heavy atom. The fourth-order valence-corrected chi connectivity index (χ4v) is 3.49. The molecule has 2 aromatic heterocycles. The lowest BCUT2D eigenvalue weighted by Crippen LogP contribution is -2.52. The highest BCUT2D eigenvalue weighted by Crippen LogP contribution is 2.26. The Morgan fingerprint density at radius 2 is 2.24 bits per heavy atom. The van der Waals surface area contributed by atoms with Gasteiger partial charge in [-0.25, -0.2) is 9.97 Å². The highest BCUT2D eigenvalue weighted by Gasteiger charge is 2.26. The van der Waals surface area contributed by atoms with Crippen molar-refractivity contribution < 1.29 is 0 Å². The van der Waals surface area contributed by atoms with Crippen LogP contribution in [0.15, 0.2) is 23.7 Å². The number of rotatable bonds is 2. The van der Waals surface area contributed by atoms with Crippen LogP contribution < -0.4 is 9.80 Å². The van der Waals surface area contributed by atoms with Crippen LogP contribution in [-0.4, -0.2) is 35.6 Å². The zero-order chi connectivity index (χ0) is 14.8. The lowest BCUT2D eigenvalue weighted by molar-refractivity contribution is 0.546. The van der Waals surface area contributed by atoms with Gasteiger partial charge in [-0.3, -0.25) is 0 Å². The quantitative estimate of drug-likeness (QED) is 0.852. The number of piperazine rings is 1. The van der Waals surface area contributed by atoms with E-state index in [1.165, 1.54) is 0 Å². The standard InChI is InChI=1S/C15H17N5S/c1-11-10-21-15(18-11)20-6-5-19(9-12(20)2)14-4-3-13(7-16)8-17-14/h3-4,8,10,12H,5-6,9H2,1-2H3/t12-/m1/s1. The summed E-state index contributed by atoms with van der Waals surface area (Å²) < 4.78 is 0. The second-order valence-corrected chi connectivity index (χ2v) is 6.11. The van der Waals surface area contributed by atoms with Gasteiger partial charge >= 0.3 is 0 Å². The van der Waals surface area contributed by atoms with Crippen LogP contribution in [0.3, 0.4) is 0 Å². The van der Waals surface area contributed by atoms with Gasteiger partial charge in [-0.15, -0.1) is 11.3 Å². The number of nitrogens with zero attached hydrogens (tertiary/aromatic N) is 5. The molecule has 5 nitrogen and oxygen atoms in total. The number of hydrogen-bond donors (Lipinski definition) is 0. The van der Waals surface area contributed by atoms with Gasteiger partial charge in [-0.1, -0.05) is 0 Å². The van der Waals surface area contributed by atoms with Crippen LogP contribution in [0.5, 0.6) is 0 Å². The summed E-state index contributed by atoms with van der Waals surface area (Å²) in [5.41, 5.74) is 1.68. The molecule has 1 saturated heterocycles. The van der Waals surface area contributed by atoms with Crippen LogP contribution in [0.2, 0.25) is 0 Å². The first kappa shape index (κ1) is 13.8. The van der Waals surface area contributed by atoms with E-state index in [1.807, 2.05) is 19.1 Å². The summed E-state index contributed by atoms with van der Waals surface area (Å²) in [6, 6.07) is 6.24. The molecule has 21 heavy (non-hydrogen) atoms. The Kier molecular flexibility index (Phi) is 3.76. The Morgan fingerprint density at radius 3 is 2.81 bits per heavy atom. The first-order chi connectivity index (χ1) is 10.2. The average molecular weight is 299 g/mol. The molecule has 0 spiro atoms. The van der Waals surface area contributed by atoms with Gasteiger partial charge < -0.3 is 9.80 Å². The summed E-state index contributed by atoms with van der Waals surface area (Å²) in [6.07, 6.45) is 1.64. The van der Waals surface area contributed by atoms with Crippen molar-refractivity contribution in [2.45, 2.75) is 19.9 Å². The molecule has 108 valence electrons. The number of thiazole rings is 1. The largest absolute Gasteiger partial charge is 0.353 e. The Labute approximate surface area is 128 Å². The third-order valence-corrected chi connectivity index (χ3v) is 4.68. The van der Waals surface area contributed by atoms with Gasteiger partial charge in [0.2, 0.25) is 0 Å². The summed E-state index contributed by atoms with van der Waals surface area (Å²) in [6.45, 7) is 7.02. The van der Waals surface area contributed by atoms with E-state index >= 15 is 0 Å². The fourth-order valence-electron chi connectivity index (χ4n) is 2.56. The van der Waals surface area contributed by atoms with Crippen LogP contribution in [0.4, 0.5) is 10.9 Å². The molecule has 0 unspecified atom stereocenters. The van der Waals surface area contributed by atoms with Gasteiger partial charge in [0, 0.05) is 37.3 Å². The van der Waals surface area contributed by atoms with E-state index in [0.29, 0.717) is 11.6 Å². The molecule has 0 aliphatic carbocycles. The maximum absolute atomic E-state index is 8.83. The minimum absolute atomic E-state index is 0.391. The molecule has 6 heteroatoms. The predicted molar refractivity (Wildman–Crippen MR) is 84.8 cm³/mol. The van der Waals surface area contributed by atoms with Crippen LogP contribution in [0.1, 0.15) is 18.2 Å². The third kappa shape index (κ3) is 2.83. The first-order valence-electron chi connectivity index (χ1n) is 6.97. The summed E-state index contributed by atoms with van der Waals surface area (Å²) in [5.74, 6) is 0.941. The number of anilines is 2. The molecule has 3 rings (SSSR count). The molecule has 0 bridgehead atoms. The van der Waals surface area contributed by atoms with Crippen LogP contribution in [-0.2, 0) is 0 Å². The molecule has 2 aromatic rings. The molecule has 3 heterocycles. The van der Waals surface area contributed by atoms with E-state index < -0.39 is 0 Å². The Bertz CT molecular complexity index is 657. The van der Waals surface area contributed by atoms with Crippen molar-refractivity contribution >= 4 is 22.3 Å². The summed E-state index contributed by atoms with van der Waals surface area (Å²) in [4.78, 5) is 13.6. The van der Waals surface area contributed by atoms with Crippen LogP contribution >= 0.6 is 11.3 Å². The van der Waals surface area contributed by atoms with Crippen LogP contribution in [0.25, 0.3) is 0 Å². The summed E-state index contributed by atoms with van der Waals surface area (Å²) in [5, 5.41) is 12.0. The van der Waals surface area contributed by atoms with E-state index in [4.69, 9.17) is 5.26 Å². The highest BCUT2D eigenvalue weighted by atomic mass is 32.1. The van der Waals surface area contributed by atoms with E-state index in [0.717, 1.165) is 36.3 Å². The van der Waals surface area contributed by atoms with Gasteiger partial charge in [0.05, 0.1) is 11.3 Å². The number of aromatic nitrogens is 2. The molecule has 0 amide bonds. The SMILES string of the molecule is Cc1csc(N2CCN(c3ccc(C#N)cn3)C[C@H]2C)n1. The molecule has 1 fully saturated rings. The maximum atomic E-state index is 8.83. The number of aryl methyl sites for hydroxylation is 1. The highest BCUT2D eigenvalue weighted by molar-refractivity contribution is 7.13. The molecule has 1 atom stereocenters. The minimum Gasteiger partial charge on any atom is -0.353 e. The van der Waals surface area contributed by atoms with Gasteiger partial charge in [0.15, 0.2) is 5.13 Å². The summed E-state index contributed by atoms with van der Waals surface area (Å²) >= 11 is 1.71. The third-order valence-electron chi connectivity index (χ3n) is 3.68. The minimum atomic E-state index is 0.391. The van der Waals surface area contributed by atoms with Crippen molar-refractivity contribution in [3.8, 4) is 6.07 Å². The molecule has 1 aliphatic rings. The normalized spacial score (nSPS) is 18.6. The lowest BCUT2D eigenvalue weighted by atomic mass is 10.2. The predicted octanol–water partition coefficient (Wildman–Crippen LogP) is 2.43. The lowest BCUT2D eigenvalue weighted by Gasteiger charge is -2.40. The second kappa shape index (κ2) is 5.70. The van der Waals surface area contributed by atoms with Crippen molar-refractivity contribution in [2.24, 2.45) is 0 Å². The summed E-state index contributed by atoms with van der Waals surface area (Å²) in [7, 11) is 0. The van der Waals surface area contributed by atoms with Crippen molar-refractivity contribution in [2.75, 3.05) is 29.4 Å². The molecular weight excluding hydrogens is 282 g/mol. The second-order valence-electron chi connectivity index (χ2n) is 5.28. The fraction of sp³-hybridized carbons (Fsp3) is 0.400. The maximum Gasteiger partial charge on any atom is 0.185 e. The number of hydrogen-bond acceptors (Lipinski definition) is 6.